The highest BCUT2D eigenvalue weighted by atomic mass is 35.5. The number of nitrogens with two attached hydrogens (primary N) is 1. The molecular formula is C18H23ClN2OS. The topological polar surface area (TPSA) is 55.1 Å². The Hall–Kier alpha value is -1.10. The van der Waals surface area contributed by atoms with E-state index in [0.29, 0.717) is 23.9 Å². The van der Waals surface area contributed by atoms with E-state index in [9.17, 15) is 4.79 Å². The highest BCUT2D eigenvalue weighted by Gasteiger charge is 2.40. The molecule has 1 aromatic heterocycles. The molecule has 0 aliphatic heterocycles. The zero-order valence-corrected chi connectivity index (χ0v) is 14.7. The molecule has 0 saturated heterocycles. The summed E-state index contributed by atoms with van der Waals surface area (Å²) < 4.78 is 1.18. The van der Waals surface area contributed by atoms with Crippen molar-refractivity contribution in [2.75, 3.05) is 0 Å². The van der Waals surface area contributed by atoms with Gasteiger partial charge in [-0.3, -0.25) is 4.79 Å². The van der Waals surface area contributed by atoms with Crippen LogP contribution in [0.5, 0.6) is 0 Å². The van der Waals surface area contributed by atoms with Crippen LogP contribution in [-0.4, -0.2) is 18.0 Å². The number of amides is 1. The van der Waals surface area contributed by atoms with Gasteiger partial charge in [0.1, 0.15) is 0 Å². The van der Waals surface area contributed by atoms with Gasteiger partial charge in [-0.2, -0.15) is 0 Å². The van der Waals surface area contributed by atoms with Crippen LogP contribution in [-0.2, 0) is 0 Å². The summed E-state index contributed by atoms with van der Waals surface area (Å²) in [6, 6.07) is 10.8. The number of rotatable bonds is 2. The van der Waals surface area contributed by atoms with Gasteiger partial charge in [-0.25, -0.2) is 0 Å². The third kappa shape index (κ3) is 3.25. The van der Waals surface area contributed by atoms with Crippen LogP contribution in [0.3, 0.4) is 0 Å². The Bertz CT molecular complexity index is 654. The number of carbonyl (C=O) groups is 1. The Morgan fingerprint density at radius 1 is 1.17 bits per heavy atom. The molecule has 124 valence electrons. The molecule has 2 atom stereocenters. The van der Waals surface area contributed by atoms with Crippen LogP contribution in [0.4, 0.5) is 0 Å². The minimum atomic E-state index is 0. The fraction of sp³-hybridized carbons (Fsp3) is 0.500. The van der Waals surface area contributed by atoms with E-state index in [4.69, 9.17) is 5.73 Å². The van der Waals surface area contributed by atoms with Gasteiger partial charge in [0.15, 0.2) is 0 Å². The van der Waals surface area contributed by atoms with Crippen molar-refractivity contribution < 1.29 is 4.79 Å². The summed E-state index contributed by atoms with van der Waals surface area (Å²) in [5.74, 6) is 1.24. The molecule has 1 amide bonds. The lowest BCUT2D eigenvalue weighted by atomic mass is 9.67. The van der Waals surface area contributed by atoms with E-state index in [1.54, 1.807) is 11.3 Å². The van der Waals surface area contributed by atoms with Crippen molar-refractivity contribution in [3.05, 3.63) is 35.2 Å². The predicted molar refractivity (Wildman–Crippen MR) is 98.4 cm³/mol. The van der Waals surface area contributed by atoms with Crippen LogP contribution in [0, 0.1) is 11.8 Å². The quantitative estimate of drug-likeness (QED) is 0.861. The lowest BCUT2D eigenvalue weighted by Gasteiger charge is -2.45. The van der Waals surface area contributed by atoms with E-state index in [1.165, 1.54) is 24.0 Å². The van der Waals surface area contributed by atoms with Gasteiger partial charge in [-0.15, -0.1) is 23.7 Å². The van der Waals surface area contributed by atoms with Crippen molar-refractivity contribution in [2.45, 2.75) is 44.2 Å². The fourth-order valence-electron chi connectivity index (χ4n) is 4.34. The molecule has 2 unspecified atom stereocenters. The van der Waals surface area contributed by atoms with E-state index in [2.05, 4.69) is 17.4 Å². The number of carbonyl (C=O) groups excluding carboxylic acids is 1. The summed E-state index contributed by atoms with van der Waals surface area (Å²) in [5, 5.41) is 4.49. The lowest BCUT2D eigenvalue weighted by Crippen LogP contribution is -2.53. The van der Waals surface area contributed by atoms with Crippen LogP contribution < -0.4 is 11.1 Å². The molecule has 2 bridgehead atoms. The molecule has 2 fully saturated rings. The molecule has 3 nitrogen and oxygen atoms in total. The van der Waals surface area contributed by atoms with Gasteiger partial charge in [-0.05, 0) is 55.0 Å². The zero-order chi connectivity index (χ0) is 15.1. The highest BCUT2D eigenvalue weighted by Crippen LogP contribution is 2.40. The standard InChI is InChI=1S/C18H22N2OS.ClH/c19-14-8-12-5-3-6-13(9-14)17(12)20-18(21)16-10-11-4-1-2-7-15(11)22-16;/h1-2,4,7,10,12-14,17H,3,5-6,8-9,19H2,(H,20,21);1H. The van der Waals surface area contributed by atoms with Crippen LogP contribution in [0.2, 0.25) is 0 Å². The first-order valence-corrected chi connectivity index (χ1v) is 9.07. The predicted octanol–water partition coefficient (Wildman–Crippen LogP) is 3.96. The molecule has 2 aliphatic carbocycles. The molecule has 1 heterocycles. The van der Waals surface area contributed by atoms with Crippen LogP contribution >= 0.6 is 23.7 Å². The summed E-state index contributed by atoms with van der Waals surface area (Å²) in [5.41, 5.74) is 6.17. The van der Waals surface area contributed by atoms with E-state index in [0.717, 1.165) is 23.1 Å². The monoisotopic (exact) mass is 350 g/mol. The summed E-state index contributed by atoms with van der Waals surface area (Å²) in [6.45, 7) is 0. The summed E-state index contributed by atoms with van der Waals surface area (Å²) in [7, 11) is 0. The third-order valence-corrected chi connectivity index (χ3v) is 6.44. The van der Waals surface area contributed by atoms with Gasteiger partial charge in [0.2, 0.25) is 0 Å². The third-order valence-electron chi connectivity index (χ3n) is 5.32. The Morgan fingerprint density at radius 2 is 1.87 bits per heavy atom. The Morgan fingerprint density at radius 3 is 2.57 bits per heavy atom. The van der Waals surface area contributed by atoms with Crippen molar-refractivity contribution >= 4 is 39.7 Å². The molecule has 1 aromatic carbocycles. The minimum Gasteiger partial charge on any atom is -0.348 e. The highest BCUT2D eigenvalue weighted by molar-refractivity contribution is 7.20. The molecule has 5 heteroatoms. The smallest absolute Gasteiger partial charge is 0.261 e. The van der Waals surface area contributed by atoms with E-state index in [-0.39, 0.29) is 18.3 Å². The van der Waals surface area contributed by atoms with Crippen molar-refractivity contribution in [1.29, 1.82) is 0 Å². The number of thiophene rings is 1. The molecule has 4 rings (SSSR count). The van der Waals surface area contributed by atoms with Gasteiger partial charge < -0.3 is 11.1 Å². The number of hydrogen-bond donors (Lipinski definition) is 2. The van der Waals surface area contributed by atoms with Crippen molar-refractivity contribution in [2.24, 2.45) is 17.6 Å². The SMILES string of the molecule is Cl.NC1CC2CCCC(C1)C2NC(=O)c1cc2ccccc2s1. The first-order chi connectivity index (χ1) is 10.7. The van der Waals surface area contributed by atoms with Crippen LogP contribution in [0.25, 0.3) is 10.1 Å². The first-order valence-electron chi connectivity index (χ1n) is 8.26. The average Bonchev–Trinajstić information content (AvgIpc) is 2.92. The molecule has 3 N–H and O–H groups in total. The summed E-state index contributed by atoms with van der Waals surface area (Å²) >= 11 is 1.59. The van der Waals surface area contributed by atoms with Crippen molar-refractivity contribution in [1.82, 2.24) is 5.32 Å². The molecule has 2 aromatic rings. The molecule has 2 saturated carbocycles. The maximum Gasteiger partial charge on any atom is 0.261 e. The molecule has 0 radical (unpaired) electrons. The molecular weight excluding hydrogens is 328 g/mol. The van der Waals surface area contributed by atoms with Crippen LogP contribution in [0.1, 0.15) is 41.8 Å². The first kappa shape index (κ1) is 16.7. The molecule has 0 spiro atoms. The average molecular weight is 351 g/mol. The largest absolute Gasteiger partial charge is 0.348 e. The van der Waals surface area contributed by atoms with E-state index >= 15 is 0 Å². The second-order valence-electron chi connectivity index (χ2n) is 6.83. The summed E-state index contributed by atoms with van der Waals surface area (Å²) in [6.07, 6.45) is 5.84. The van der Waals surface area contributed by atoms with Gasteiger partial charge in [0.05, 0.1) is 4.88 Å². The fourth-order valence-corrected chi connectivity index (χ4v) is 5.31. The molecule has 2 aliphatic rings. The van der Waals surface area contributed by atoms with Gasteiger partial charge in [-0.1, -0.05) is 24.6 Å². The normalized spacial score (nSPS) is 29.8. The van der Waals surface area contributed by atoms with Gasteiger partial charge >= 0.3 is 0 Å². The van der Waals surface area contributed by atoms with Gasteiger partial charge in [0, 0.05) is 16.8 Å². The lowest BCUT2D eigenvalue weighted by molar-refractivity contribution is 0.0759. The van der Waals surface area contributed by atoms with Gasteiger partial charge in [0.25, 0.3) is 5.91 Å². The van der Waals surface area contributed by atoms with Crippen LogP contribution in [0.15, 0.2) is 30.3 Å². The number of hydrogen-bond acceptors (Lipinski definition) is 3. The zero-order valence-electron chi connectivity index (χ0n) is 13.0. The Labute approximate surface area is 147 Å². The van der Waals surface area contributed by atoms with E-state index in [1.807, 2.05) is 18.2 Å². The number of halogens is 1. The second kappa shape index (κ2) is 6.80. The maximum atomic E-state index is 12.7. The van der Waals surface area contributed by atoms with Crippen molar-refractivity contribution in [3.8, 4) is 0 Å². The minimum absolute atomic E-state index is 0. The molecule has 23 heavy (non-hydrogen) atoms. The number of nitrogens with one attached hydrogen (secondary N) is 1. The number of benzene rings is 1. The Kier molecular flexibility index (Phi) is 4.95. The summed E-state index contributed by atoms with van der Waals surface area (Å²) in [4.78, 5) is 13.5. The number of fused-ring (bicyclic) bond motifs is 3. The second-order valence-corrected chi connectivity index (χ2v) is 7.91. The van der Waals surface area contributed by atoms with Crippen molar-refractivity contribution in [3.63, 3.8) is 0 Å². The van der Waals surface area contributed by atoms with E-state index < -0.39 is 0 Å². The maximum absolute atomic E-state index is 12.7. The Balaban J connectivity index is 0.00000156.